The van der Waals surface area contributed by atoms with Crippen molar-refractivity contribution in [2.24, 2.45) is 5.73 Å². The quantitative estimate of drug-likeness (QED) is 0.525. The first-order chi connectivity index (χ1) is 12.7. The number of carbonyl (C=O) groups excluding carboxylic acids is 3. The van der Waals surface area contributed by atoms with Crippen LogP contribution < -0.4 is 10.5 Å². The zero-order chi connectivity index (χ0) is 20.1. The third-order valence-electron chi connectivity index (χ3n) is 4.12. The number of hydrogen-bond donors (Lipinski definition) is 2. The second-order valence-corrected chi connectivity index (χ2v) is 6.36. The molecular weight excluding hydrogens is 356 g/mol. The number of aliphatic carboxylic acids is 1. The summed E-state index contributed by atoms with van der Waals surface area (Å²) in [4.78, 5) is 47.2. The van der Waals surface area contributed by atoms with Crippen LogP contribution in [-0.4, -0.2) is 58.6 Å². The molecular formula is C18H22N2O7. The van der Waals surface area contributed by atoms with Crippen LogP contribution in [0, 0.1) is 0 Å². The summed E-state index contributed by atoms with van der Waals surface area (Å²) in [6, 6.07) is 4.47. The third-order valence-corrected chi connectivity index (χ3v) is 4.12. The fourth-order valence-electron chi connectivity index (χ4n) is 3.01. The van der Waals surface area contributed by atoms with Gasteiger partial charge in [0, 0.05) is 20.3 Å². The van der Waals surface area contributed by atoms with Crippen molar-refractivity contribution in [3.8, 4) is 5.75 Å². The van der Waals surface area contributed by atoms with Crippen LogP contribution in [0.1, 0.15) is 25.8 Å². The number of ether oxygens (including phenoxy) is 2. The molecule has 0 spiro atoms. The minimum absolute atomic E-state index is 0.00549. The number of carboxylic acid groups (broad SMARTS) is 1. The summed E-state index contributed by atoms with van der Waals surface area (Å²) in [5.41, 5.74) is 6.71. The number of likely N-dealkylation sites (tertiary alicyclic amines) is 1. The summed E-state index contributed by atoms with van der Waals surface area (Å²) in [5.74, 6) is -2.29. The molecule has 1 saturated heterocycles. The molecule has 0 aliphatic carbocycles. The fourth-order valence-corrected chi connectivity index (χ4v) is 3.01. The SMILES string of the molecule is CC(=O)Oc1ccc(C[C@H](N)C(=O)N2C[C@H](OC(C)=O)C[C@H]2C(=O)O)cc1. The summed E-state index contributed by atoms with van der Waals surface area (Å²) in [6.07, 6.45) is -0.451. The van der Waals surface area contributed by atoms with Crippen molar-refractivity contribution in [1.29, 1.82) is 0 Å². The summed E-state index contributed by atoms with van der Waals surface area (Å²) in [6.45, 7) is 2.51. The summed E-state index contributed by atoms with van der Waals surface area (Å²) < 4.78 is 9.97. The van der Waals surface area contributed by atoms with Gasteiger partial charge in [0.1, 0.15) is 17.9 Å². The Morgan fingerprint density at radius 3 is 2.33 bits per heavy atom. The van der Waals surface area contributed by atoms with Crippen molar-refractivity contribution in [3.63, 3.8) is 0 Å². The van der Waals surface area contributed by atoms with Gasteiger partial charge < -0.3 is 25.2 Å². The Hall–Kier alpha value is -2.94. The molecule has 27 heavy (non-hydrogen) atoms. The number of amides is 1. The van der Waals surface area contributed by atoms with Crippen molar-refractivity contribution in [1.82, 2.24) is 4.90 Å². The van der Waals surface area contributed by atoms with Gasteiger partial charge in [-0.1, -0.05) is 12.1 Å². The largest absolute Gasteiger partial charge is 0.480 e. The van der Waals surface area contributed by atoms with Gasteiger partial charge in [-0.25, -0.2) is 4.79 Å². The number of hydrogen-bond acceptors (Lipinski definition) is 7. The highest BCUT2D eigenvalue weighted by atomic mass is 16.5. The Morgan fingerprint density at radius 1 is 1.19 bits per heavy atom. The van der Waals surface area contributed by atoms with Crippen molar-refractivity contribution in [3.05, 3.63) is 29.8 Å². The lowest BCUT2D eigenvalue weighted by atomic mass is 10.0. The first-order valence-electron chi connectivity index (χ1n) is 8.40. The van der Waals surface area contributed by atoms with E-state index in [4.69, 9.17) is 15.2 Å². The second-order valence-electron chi connectivity index (χ2n) is 6.36. The number of carbonyl (C=O) groups is 4. The molecule has 9 nitrogen and oxygen atoms in total. The number of esters is 2. The van der Waals surface area contributed by atoms with E-state index in [1.54, 1.807) is 24.3 Å². The van der Waals surface area contributed by atoms with Crippen LogP contribution in [0.4, 0.5) is 0 Å². The van der Waals surface area contributed by atoms with E-state index in [0.717, 1.165) is 10.5 Å². The molecule has 1 amide bonds. The molecule has 0 aromatic heterocycles. The Balaban J connectivity index is 2.03. The molecule has 0 unspecified atom stereocenters. The van der Waals surface area contributed by atoms with E-state index in [1.165, 1.54) is 13.8 Å². The van der Waals surface area contributed by atoms with Crippen LogP contribution in [-0.2, 0) is 30.3 Å². The number of rotatable bonds is 6. The molecule has 9 heteroatoms. The minimum atomic E-state index is -1.17. The van der Waals surface area contributed by atoms with Crippen LogP contribution in [0.15, 0.2) is 24.3 Å². The molecule has 3 N–H and O–H groups in total. The lowest BCUT2D eigenvalue weighted by Gasteiger charge is -2.24. The predicted molar refractivity (Wildman–Crippen MR) is 92.7 cm³/mol. The van der Waals surface area contributed by atoms with E-state index < -0.39 is 42.0 Å². The molecule has 3 atom stereocenters. The van der Waals surface area contributed by atoms with Gasteiger partial charge in [-0.15, -0.1) is 0 Å². The smallest absolute Gasteiger partial charge is 0.326 e. The highest BCUT2D eigenvalue weighted by Crippen LogP contribution is 2.22. The highest BCUT2D eigenvalue weighted by molar-refractivity contribution is 5.88. The van der Waals surface area contributed by atoms with Crippen LogP contribution in [0.3, 0.4) is 0 Å². The third kappa shape index (κ3) is 5.52. The van der Waals surface area contributed by atoms with Crippen LogP contribution in [0.2, 0.25) is 0 Å². The molecule has 0 bridgehead atoms. The fraction of sp³-hybridized carbons (Fsp3) is 0.444. The molecule has 1 fully saturated rings. The zero-order valence-electron chi connectivity index (χ0n) is 15.1. The van der Waals surface area contributed by atoms with Crippen molar-refractivity contribution in [2.45, 2.75) is 44.9 Å². The zero-order valence-corrected chi connectivity index (χ0v) is 15.1. The van der Waals surface area contributed by atoms with Crippen molar-refractivity contribution in [2.75, 3.05) is 6.54 Å². The number of benzene rings is 1. The van der Waals surface area contributed by atoms with E-state index in [-0.39, 0.29) is 19.4 Å². The monoisotopic (exact) mass is 378 g/mol. The maximum absolute atomic E-state index is 12.6. The van der Waals surface area contributed by atoms with Gasteiger partial charge in [0.25, 0.3) is 0 Å². The van der Waals surface area contributed by atoms with Gasteiger partial charge in [0.05, 0.1) is 12.6 Å². The average molecular weight is 378 g/mol. The molecule has 1 heterocycles. The lowest BCUT2D eigenvalue weighted by molar-refractivity contribution is -0.148. The van der Waals surface area contributed by atoms with Gasteiger partial charge in [-0.05, 0) is 24.1 Å². The molecule has 0 saturated carbocycles. The van der Waals surface area contributed by atoms with Crippen molar-refractivity contribution < 1.29 is 33.8 Å². The van der Waals surface area contributed by atoms with E-state index in [9.17, 15) is 24.3 Å². The summed E-state index contributed by atoms with van der Waals surface area (Å²) in [5, 5.41) is 9.34. The van der Waals surface area contributed by atoms with Crippen LogP contribution in [0.25, 0.3) is 0 Å². The topological polar surface area (TPSA) is 136 Å². The molecule has 1 aromatic carbocycles. The van der Waals surface area contributed by atoms with E-state index in [1.807, 2.05) is 0 Å². The molecule has 0 radical (unpaired) electrons. The molecule has 2 rings (SSSR count). The minimum Gasteiger partial charge on any atom is -0.480 e. The Kier molecular flexibility index (Phi) is 6.51. The van der Waals surface area contributed by atoms with Gasteiger partial charge in [-0.3, -0.25) is 14.4 Å². The first-order valence-corrected chi connectivity index (χ1v) is 8.40. The van der Waals surface area contributed by atoms with Crippen molar-refractivity contribution >= 4 is 23.8 Å². The summed E-state index contributed by atoms with van der Waals surface area (Å²) in [7, 11) is 0. The number of nitrogens with zero attached hydrogens (tertiary/aromatic N) is 1. The standard InChI is InChI=1S/C18H22N2O7/c1-10(21)26-13-5-3-12(4-6-13)7-15(19)17(23)20-9-14(27-11(2)22)8-16(20)18(24)25/h3-6,14-16H,7-9,19H2,1-2H3,(H,24,25)/t14-,15+,16+/m1/s1. The van der Waals surface area contributed by atoms with Gasteiger partial charge in [0.15, 0.2) is 0 Å². The predicted octanol–water partition coefficient (Wildman–Crippen LogP) is 0.0989. The summed E-state index contributed by atoms with van der Waals surface area (Å²) >= 11 is 0. The Morgan fingerprint density at radius 2 is 1.81 bits per heavy atom. The maximum Gasteiger partial charge on any atom is 0.326 e. The normalized spacial score (nSPS) is 20.0. The molecule has 1 aliphatic heterocycles. The average Bonchev–Trinajstić information content (AvgIpc) is 2.98. The van der Waals surface area contributed by atoms with Gasteiger partial charge >= 0.3 is 17.9 Å². The first kappa shape index (κ1) is 20.4. The number of carboxylic acids is 1. The lowest BCUT2D eigenvalue weighted by Crippen LogP contribution is -2.49. The highest BCUT2D eigenvalue weighted by Gasteiger charge is 2.42. The molecule has 1 aromatic rings. The van der Waals surface area contributed by atoms with E-state index >= 15 is 0 Å². The number of nitrogens with two attached hydrogens (primary N) is 1. The molecule has 146 valence electrons. The maximum atomic E-state index is 12.6. The van der Waals surface area contributed by atoms with Crippen LogP contribution >= 0.6 is 0 Å². The van der Waals surface area contributed by atoms with E-state index in [2.05, 4.69) is 0 Å². The Labute approximate surface area is 156 Å². The van der Waals surface area contributed by atoms with Gasteiger partial charge in [0.2, 0.25) is 5.91 Å². The Bertz CT molecular complexity index is 732. The van der Waals surface area contributed by atoms with E-state index in [0.29, 0.717) is 5.75 Å². The van der Waals surface area contributed by atoms with Gasteiger partial charge in [-0.2, -0.15) is 0 Å². The second kappa shape index (κ2) is 8.63. The van der Waals surface area contributed by atoms with Crippen LogP contribution in [0.5, 0.6) is 5.75 Å². The molecule has 1 aliphatic rings.